The van der Waals surface area contributed by atoms with Crippen LogP contribution >= 0.6 is 11.8 Å². The van der Waals surface area contributed by atoms with Gasteiger partial charge in [-0.25, -0.2) is 4.98 Å². The Hall–Kier alpha value is -3.06. The van der Waals surface area contributed by atoms with Crippen LogP contribution < -0.4 is 11.3 Å². The molecule has 132 valence electrons. The van der Waals surface area contributed by atoms with Crippen LogP contribution in [0.5, 0.6) is 0 Å². The van der Waals surface area contributed by atoms with Gasteiger partial charge in [0.25, 0.3) is 5.56 Å². The minimum atomic E-state index is -0.474. The number of hydrogen-bond donors (Lipinski definition) is 2. The van der Waals surface area contributed by atoms with Crippen LogP contribution in [-0.4, -0.2) is 26.2 Å². The molecule has 0 aliphatic heterocycles. The first kappa shape index (κ1) is 17.8. The lowest BCUT2D eigenvalue weighted by atomic mass is 10.2. The van der Waals surface area contributed by atoms with Crippen LogP contribution in [0.25, 0.3) is 27.6 Å². The van der Waals surface area contributed by atoms with Crippen molar-refractivity contribution in [3.8, 4) is 0 Å². The number of allylic oxidation sites excluding steroid dienone is 5. The molecule has 2 heterocycles. The molecule has 1 amide bonds. The van der Waals surface area contributed by atoms with Crippen molar-refractivity contribution in [2.24, 2.45) is 5.73 Å². The Morgan fingerprint density at radius 3 is 2.88 bits per heavy atom. The largest absolute Gasteiger partial charge is 0.369 e. The molecule has 0 saturated carbocycles. The molecular weight excluding hydrogens is 348 g/mol. The Balaban J connectivity index is 2.34. The number of nitrogens with one attached hydrogen (secondary N) is 1. The molecule has 0 saturated heterocycles. The third-order valence-electron chi connectivity index (χ3n) is 3.79. The van der Waals surface area contributed by atoms with Crippen molar-refractivity contribution in [2.45, 2.75) is 12.1 Å². The van der Waals surface area contributed by atoms with Crippen molar-refractivity contribution in [3.05, 3.63) is 65.5 Å². The summed E-state index contributed by atoms with van der Waals surface area (Å²) >= 11 is 1.14. The Bertz CT molecular complexity index is 1120. The monoisotopic (exact) mass is 366 g/mol. The molecule has 0 aliphatic rings. The molecule has 0 atom stereocenters. The number of carbonyl (C=O) groups excluding carboxylic acids is 1. The molecular formula is C19H18N4O2S. The van der Waals surface area contributed by atoms with Crippen molar-refractivity contribution in [3.63, 3.8) is 0 Å². The minimum absolute atomic E-state index is 0.0302. The van der Waals surface area contributed by atoms with E-state index >= 15 is 0 Å². The number of nitrogens with two attached hydrogens (primary N) is 1. The number of amides is 1. The van der Waals surface area contributed by atoms with Gasteiger partial charge in [0, 0.05) is 16.6 Å². The van der Waals surface area contributed by atoms with Gasteiger partial charge in [-0.2, -0.15) is 0 Å². The van der Waals surface area contributed by atoms with E-state index in [1.807, 2.05) is 31.2 Å². The van der Waals surface area contributed by atoms with Crippen molar-refractivity contribution in [1.29, 1.82) is 0 Å². The van der Waals surface area contributed by atoms with Gasteiger partial charge in [0.05, 0.1) is 5.75 Å². The molecule has 0 aliphatic carbocycles. The molecule has 3 N–H and O–H groups in total. The third kappa shape index (κ3) is 3.21. The summed E-state index contributed by atoms with van der Waals surface area (Å²) in [4.78, 5) is 32.2. The van der Waals surface area contributed by atoms with Crippen LogP contribution in [0.4, 0.5) is 0 Å². The maximum absolute atomic E-state index is 13.2. The predicted octanol–water partition coefficient (Wildman–Crippen LogP) is 3.06. The fourth-order valence-corrected chi connectivity index (χ4v) is 3.41. The molecule has 1 aromatic carbocycles. The molecule has 0 bridgehead atoms. The van der Waals surface area contributed by atoms with Crippen LogP contribution in [0.3, 0.4) is 0 Å². The summed E-state index contributed by atoms with van der Waals surface area (Å²) in [6, 6.07) is 7.58. The zero-order chi connectivity index (χ0) is 18.7. The average Bonchev–Trinajstić information content (AvgIpc) is 3.01. The standard InChI is InChI=1S/C19H18N4O2S/c1-3-5-8-12(4-2)23-18(25)17-16(22-19(23)26-11-15(20)24)13-9-6-7-10-14(13)21-17/h3-10,21H,1,11H2,2H3,(H2,20,24)/b8-5-,12-4+. The van der Waals surface area contributed by atoms with E-state index < -0.39 is 5.91 Å². The number of nitrogens with zero attached hydrogens (tertiary/aromatic N) is 2. The number of rotatable bonds is 6. The summed E-state index contributed by atoms with van der Waals surface area (Å²) < 4.78 is 1.48. The van der Waals surface area contributed by atoms with Gasteiger partial charge >= 0.3 is 0 Å². The Morgan fingerprint density at radius 1 is 1.42 bits per heavy atom. The Morgan fingerprint density at radius 2 is 2.19 bits per heavy atom. The highest BCUT2D eigenvalue weighted by atomic mass is 32.2. The van der Waals surface area contributed by atoms with Gasteiger partial charge in [-0.05, 0) is 19.1 Å². The molecule has 6 nitrogen and oxygen atoms in total. The highest BCUT2D eigenvalue weighted by Gasteiger charge is 2.17. The maximum Gasteiger partial charge on any atom is 0.283 e. The van der Waals surface area contributed by atoms with Crippen molar-refractivity contribution >= 4 is 45.3 Å². The van der Waals surface area contributed by atoms with Crippen molar-refractivity contribution in [2.75, 3.05) is 5.75 Å². The van der Waals surface area contributed by atoms with E-state index in [0.717, 1.165) is 22.7 Å². The smallest absolute Gasteiger partial charge is 0.283 e. The number of primary amides is 1. The van der Waals surface area contributed by atoms with Gasteiger partial charge in [-0.1, -0.05) is 54.8 Å². The number of fused-ring (bicyclic) bond motifs is 3. The lowest BCUT2D eigenvalue weighted by molar-refractivity contribution is -0.115. The number of hydrogen-bond acceptors (Lipinski definition) is 4. The number of thioether (sulfide) groups is 1. The first-order chi connectivity index (χ1) is 12.6. The Labute approximate surface area is 154 Å². The van der Waals surface area contributed by atoms with E-state index in [0.29, 0.717) is 21.9 Å². The number of aromatic amines is 1. The topological polar surface area (TPSA) is 93.8 Å². The van der Waals surface area contributed by atoms with Crippen LogP contribution in [0.1, 0.15) is 6.92 Å². The number of carbonyl (C=O) groups is 1. The lowest BCUT2D eigenvalue weighted by Gasteiger charge is -2.12. The highest BCUT2D eigenvalue weighted by molar-refractivity contribution is 7.99. The molecule has 0 radical (unpaired) electrons. The summed E-state index contributed by atoms with van der Waals surface area (Å²) in [6.45, 7) is 5.48. The number of H-pyrrole nitrogens is 1. The van der Waals surface area contributed by atoms with E-state index in [2.05, 4.69) is 16.5 Å². The first-order valence-electron chi connectivity index (χ1n) is 7.97. The van der Waals surface area contributed by atoms with Gasteiger partial charge in [0.1, 0.15) is 11.0 Å². The van der Waals surface area contributed by atoms with Crippen molar-refractivity contribution < 1.29 is 4.79 Å². The van der Waals surface area contributed by atoms with Gasteiger partial charge in [0.2, 0.25) is 5.91 Å². The van der Waals surface area contributed by atoms with Crippen LogP contribution in [0.15, 0.2) is 65.1 Å². The second kappa shape index (κ2) is 7.45. The van der Waals surface area contributed by atoms with Crippen LogP contribution in [-0.2, 0) is 4.79 Å². The molecule has 0 spiro atoms. The summed E-state index contributed by atoms with van der Waals surface area (Å²) in [7, 11) is 0. The fourth-order valence-electron chi connectivity index (χ4n) is 2.67. The Kier molecular flexibility index (Phi) is 5.09. The van der Waals surface area contributed by atoms with E-state index in [9.17, 15) is 9.59 Å². The quantitative estimate of drug-likeness (QED) is 0.398. The summed E-state index contributed by atoms with van der Waals surface area (Å²) in [5.74, 6) is -0.443. The van der Waals surface area contributed by atoms with Crippen LogP contribution in [0.2, 0.25) is 0 Å². The number of para-hydroxylation sites is 1. The summed E-state index contributed by atoms with van der Waals surface area (Å²) in [5.41, 5.74) is 7.51. The highest BCUT2D eigenvalue weighted by Crippen LogP contribution is 2.26. The van der Waals surface area contributed by atoms with E-state index in [-0.39, 0.29) is 11.3 Å². The van der Waals surface area contributed by atoms with Gasteiger partial charge in [-0.3, -0.25) is 14.2 Å². The van der Waals surface area contributed by atoms with Gasteiger partial charge < -0.3 is 10.7 Å². The van der Waals surface area contributed by atoms with E-state index in [4.69, 9.17) is 5.73 Å². The van der Waals surface area contributed by atoms with Gasteiger partial charge in [0.15, 0.2) is 5.16 Å². The zero-order valence-corrected chi connectivity index (χ0v) is 15.0. The fraction of sp³-hybridized carbons (Fsp3) is 0.105. The predicted molar refractivity (Wildman–Crippen MR) is 107 cm³/mol. The number of aromatic nitrogens is 3. The first-order valence-corrected chi connectivity index (χ1v) is 8.95. The molecule has 2 aromatic heterocycles. The second-order valence-corrected chi connectivity index (χ2v) is 6.43. The second-order valence-electron chi connectivity index (χ2n) is 5.49. The number of benzene rings is 1. The molecule has 0 unspecified atom stereocenters. The molecule has 7 heteroatoms. The summed E-state index contributed by atoms with van der Waals surface area (Å²) in [5, 5.41) is 1.27. The lowest BCUT2D eigenvalue weighted by Crippen LogP contribution is -2.23. The average molecular weight is 366 g/mol. The maximum atomic E-state index is 13.2. The van der Waals surface area contributed by atoms with E-state index in [1.165, 1.54) is 4.57 Å². The van der Waals surface area contributed by atoms with Crippen molar-refractivity contribution in [1.82, 2.24) is 14.5 Å². The molecule has 26 heavy (non-hydrogen) atoms. The minimum Gasteiger partial charge on any atom is -0.369 e. The SMILES string of the molecule is C=C/C=C\C(=C/C)n1c(SCC(N)=O)nc2c([nH]c3ccccc32)c1=O. The van der Waals surface area contributed by atoms with Crippen LogP contribution in [0, 0.1) is 0 Å². The summed E-state index contributed by atoms with van der Waals surface area (Å²) in [6.07, 6.45) is 6.92. The normalized spacial score (nSPS) is 12.3. The third-order valence-corrected chi connectivity index (χ3v) is 4.76. The van der Waals surface area contributed by atoms with Gasteiger partial charge in [-0.15, -0.1) is 0 Å². The molecule has 0 fully saturated rings. The zero-order valence-electron chi connectivity index (χ0n) is 14.2. The molecule has 3 aromatic rings. The molecule has 3 rings (SSSR count). The van der Waals surface area contributed by atoms with E-state index in [1.54, 1.807) is 24.3 Å².